The number of nitrogens with two attached hydrogens (primary N) is 1. The van der Waals surface area contributed by atoms with Gasteiger partial charge in [0, 0.05) is 6.04 Å². The van der Waals surface area contributed by atoms with E-state index < -0.39 is 0 Å². The van der Waals surface area contributed by atoms with Crippen LogP contribution in [0.25, 0.3) is 0 Å². The molecule has 16 heavy (non-hydrogen) atoms. The van der Waals surface area contributed by atoms with Gasteiger partial charge in [-0.2, -0.15) is 16.9 Å². The van der Waals surface area contributed by atoms with Crippen molar-refractivity contribution in [1.82, 2.24) is 9.78 Å². The average molecular weight is 243 g/mol. The smallest absolute Gasteiger partial charge is 0.161 e. The number of nitrogens with zero attached hydrogens (tertiary/aromatic N) is 2. The molecular formula is C11H21N3OS. The molecule has 0 saturated heterocycles. The molecule has 0 aliphatic carbocycles. The minimum Gasteiger partial charge on any atom is -0.493 e. The van der Waals surface area contributed by atoms with Gasteiger partial charge in [-0.05, 0) is 32.3 Å². The van der Waals surface area contributed by atoms with Crippen LogP contribution < -0.4 is 10.5 Å². The van der Waals surface area contributed by atoms with E-state index in [9.17, 15) is 0 Å². The van der Waals surface area contributed by atoms with Crippen molar-refractivity contribution in [3.63, 3.8) is 0 Å². The Hall–Kier alpha value is -0.680. The van der Waals surface area contributed by atoms with E-state index in [4.69, 9.17) is 10.5 Å². The third-order valence-electron chi connectivity index (χ3n) is 2.49. The van der Waals surface area contributed by atoms with Crippen molar-refractivity contribution < 1.29 is 4.74 Å². The lowest BCUT2D eigenvalue weighted by Gasteiger charge is -2.17. The Kier molecular flexibility index (Phi) is 5.15. The van der Waals surface area contributed by atoms with Gasteiger partial charge in [-0.25, -0.2) is 0 Å². The van der Waals surface area contributed by atoms with Gasteiger partial charge in [0.2, 0.25) is 0 Å². The molecule has 0 spiro atoms. The molecule has 0 aromatic carbocycles. The second-order valence-corrected chi connectivity index (χ2v) is 5.01. The Morgan fingerprint density at radius 1 is 1.56 bits per heavy atom. The second-order valence-electron chi connectivity index (χ2n) is 4.02. The van der Waals surface area contributed by atoms with Crippen LogP contribution in [0.3, 0.4) is 0 Å². The van der Waals surface area contributed by atoms with Crippen molar-refractivity contribution in [3.8, 4) is 5.75 Å². The SMILES string of the molecule is COc1cnn(C(C)C)c1C(N)CCSC. The Morgan fingerprint density at radius 2 is 2.25 bits per heavy atom. The van der Waals surface area contributed by atoms with Gasteiger partial charge >= 0.3 is 0 Å². The van der Waals surface area contributed by atoms with Crippen LogP contribution >= 0.6 is 11.8 Å². The predicted octanol–water partition coefficient (Wildman–Crippen LogP) is 2.23. The number of rotatable bonds is 6. The molecule has 92 valence electrons. The molecule has 1 rings (SSSR count). The van der Waals surface area contributed by atoms with Crippen molar-refractivity contribution in [2.24, 2.45) is 5.73 Å². The number of ether oxygens (including phenoxy) is 1. The van der Waals surface area contributed by atoms with E-state index in [1.165, 1.54) is 0 Å². The summed E-state index contributed by atoms with van der Waals surface area (Å²) in [6.07, 6.45) is 4.77. The van der Waals surface area contributed by atoms with Crippen molar-refractivity contribution in [2.45, 2.75) is 32.4 Å². The summed E-state index contributed by atoms with van der Waals surface area (Å²) in [7, 11) is 1.66. The van der Waals surface area contributed by atoms with Gasteiger partial charge in [-0.1, -0.05) is 0 Å². The molecule has 2 N–H and O–H groups in total. The molecule has 1 aromatic rings. The summed E-state index contributed by atoms with van der Waals surface area (Å²) in [5, 5.41) is 4.32. The van der Waals surface area contributed by atoms with Gasteiger partial charge < -0.3 is 10.5 Å². The van der Waals surface area contributed by atoms with E-state index in [1.54, 1.807) is 25.1 Å². The molecule has 0 amide bonds. The number of methoxy groups -OCH3 is 1. The zero-order valence-electron chi connectivity index (χ0n) is 10.4. The summed E-state index contributed by atoms with van der Waals surface area (Å²) in [5.74, 6) is 1.84. The van der Waals surface area contributed by atoms with Gasteiger partial charge in [0.05, 0.1) is 25.0 Å². The standard InChI is InChI=1S/C11H21N3OS/c1-8(2)14-11(9(12)5-6-16-4)10(15-3)7-13-14/h7-9H,5-6,12H2,1-4H3. The van der Waals surface area contributed by atoms with Gasteiger partial charge in [0.25, 0.3) is 0 Å². The van der Waals surface area contributed by atoms with Gasteiger partial charge in [-0.15, -0.1) is 0 Å². The normalized spacial score (nSPS) is 13.1. The number of hydrogen-bond acceptors (Lipinski definition) is 4. The van der Waals surface area contributed by atoms with Crippen molar-refractivity contribution in [2.75, 3.05) is 19.1 Å². The minimum atomic E-state index is -0.00713. The molecule has 0 saturated carbocycles. The molecule has 1 heterocycles. The zero-order chi connectivity index (χ0) is 12.1. The Balaban J connectivity index is 2.93. The number of thioether (sulfide) groups is 1. The summed E-state index contributed by atoms with van der Waals surface area (Å²) in [6.45, 7) is 4.19. The van der Waals surface area contributed by atoms with Crippen LogP contribution in [0, 0.1) is 0 Å². The summed E-state index contributed by atoms with van der Waals surface area (Å²) in [4.78, 5) is 0. The Morgan fingerprint density at radius 3 is 2.75 bits per heavy atom. The van der Waals surface area contributed by atoms with E-state index in [2.05, 4.69) is 25.2 Å². The molecule has 0 fully saturated rings. The quantitative estimate of drug-likeness (QED) is 0.832. The van der Waals surface area contributed by atoms with E-state index in [-0.39, 0.29) is 6.04 Å². The molecule has 4 nitrogen and oxygen atoms in total. The average Bonchev–Trinajstić information content (AvgIpc) is 2.69. The lowest BCUT2D eigenvalue weighted by Crippen LogP contribution is -2.19. The highest BCUT2D eigenvalue weighted by Crippen LogP contribution is 2.28. The van der Waals surface area contributed by atoms with Crippen molar-refractivity contribution >= 4 is 11.8 Å². The van der Waals surface area contributed by atoms with Crippen LogP contribution in [0.4, 0.5) is 0 Å². The molecule has 0 aliphatic heterocycles. The minimum absolute atomic E-state index is 0.00713. The maximum Gasteiger partial charge on any atom is 0.161 e. The highest BCUT2D eigenvalue weighted by atomic mass is 32.2. The van der Waals surface area contributed by atoms with Gasteiger partial charge in [0.15, 0.2) is 5.75 Å². The monoisotopic (exact) mass is 243 g/mol. The molecule has 0 radical (unpaired) electrons. The second kappa shape index (κ2) is 6.15. The molecular weight excluding hydrogens is 222 g/mol. The first-order valence-corrected chi connectivity index (χ1v) is 6.87. The fourth-order valence-corrected chi connectivity index (χ4v) is 2.15. The number of hydrogen-bond donors (Lipinski definition) is 1. The third-order valence-corrected chi connectivity index (χ3v) is 3.14. The van der Waals surface area contributed by atoms with Crippen LogP contribution in [0.15, 0.2) is 6.20 Å². The largest absolute Gasteiger partial charge is 0.493 e. The first-order valence-electron chi connectivity index (χ1n) is 5.47. The summed E-state index contributed by atoms with van der Waals surface area (Å²) in [6, 6.07) is 0.298. The third kappa shape index (κ3) is 2.92. The highest BCUT2D eigenvalue weighted by molar-refractivity contribution is 7.98. The molecule has 5 heteroatoms. The van der Waals surface area contributed by atoms with Crippen LogP contribution in [-0.2, 0) is 0 Å². The van der Waals surface area contributed by atoms with Crippen LogP contribution in [0.1, 0.15) is 38.0 Å². The molecule has 0 bridgehead atoms. The van der Waals surface area contributed by atoms with Gasteiger partial charge in [-0.3, -0.25) is 4.68 Å². The first kappa shape index (κ1) is 13.4. The first-order chi connectivity index (χ1) is 7.61. The predicted molar refractivity (Wildman–Crippen MR) is 69.1 cm³/mol. The molecule has 0 aliphatic rings. The summed E-state index contributed by atoms with van der Waals surface area (Å²) in [5.41, 5.74) is 7.19. The van der Waals surface area contributed by atoms with E-state index >= 15 is 0 Å². The summed E-state index contributed by atoms with van der Waals surface area (Å²) < 4.78 is 7.26. The molecule has 1 aromatic heterocycles. The van der Waals surface area contributed by atoms with E-state index in [0.717, 1.165) is 23.6 Å². The Bertz CT molecular complexity index is 325. The van der Waals surface area contributed by atoms with Crippen LogP contribution in [0.2, 0.25) is 0 Å². The fraction of sp³-hybridized carbons (Fsp3) is 0.727. The van der Waals surface area contributed by atoms with Crippen molar-refractivity contribution in [3.05, 3.63) is 11.9 Å². The van der Waals surface area contributed by atoms with E-state index in [0.29, 0.717) is 6.04 Å². The highest BCUT2D eigenvalue weighted by Gasteiger charge is 2.19. The van der Waals surface area contributed by atoms with Crippen LogP contribution in [-0.4, -0.2) is 28.9 Å². The lowest BCUT2D eigenvalue weighted by molar-refractivity contribution is 0.395. The fourth-order valence-electron chi connectivity index (χ4n) is 1.66. The van der Waals surface area contributed by atoms with Crippen molar-refractivity contribution in [1.29, 1.82) is 0 Å². The number of aromatic nitrogens is 2. The topological polar surface area (TPSA) is 53.1 Å². The maximum atomic E-state index is 6.19. The zero-order valence-corrected chi connectivity index (χ0v) is 11.3. The molecule has 1 atom stereocenters. The van der Waals surface area contributed by atoms with Gasteiger partial charge in [0.1, 0.15) is 0 Å². The molecule has 1 unspecified atom stereocenters. The maximum absolute atomic E-state index is 6.19. The van der Waals surface area contributed by atoms with E-state index in [1.807, 2.05) is 4.68 Å². The lowest BCUT2D eigenvalue weighted by atomic mass is 10.1. The summed E-state index contributed by atoms with van der Waals surface area (Å²) >= 11 is 1.80. The van der Waals surface area contributed by atoms with Crippen LogP contribution in [0.5, 0.6) is 5.75 Å². The Labute approximate surface area is 102 Å².